The monoisotopic (exact) mass is 240 g/mol. The molecule has 0 spiro atoms. The molecule has 3 nitrogen and oxygen atoms in total. The third kappa shape index (κ3) is 5.36. The molecule has 0 atom stereocenters. The lowest BCUT2D eigenvalue weighted by molar-refractivity contribution is 0.0383. The van der Waals surface area contributed by atoms with Crippen LogP contribution < -0.4 is 5.32 Å². The fourth-order valence-corrected chi connectivity index (χ4v) is 2.94. The molecule has 0 unspecified atom stereocenters. The van der Waals surface area contributed by atoms with E-state index in [1.807, 2.05) is 0 Å². The van der Waals surface area contributed by atoms with Crippen LogP contribution in [0.15, 0.2) is 0 Å². The Bertz CT molecular complexity index is 185. The Kier molecular flexibility index (Phi) is 6.32. The number of hydrogen-bond donors (Lipinski definition) is 1. The molecule has 2 rings (SSSR count). The molecule has 0 aromatic rings. The van der Waals surface area contributed by atoms with Gasteiger partial charge in [0.15, 0.2) is 0 Å². The molecule has 2 aliphatic rings. The summed E-state index contributed by atoms with van der Waals surface area (Å²) in [4.78, 5) is 2.50. The average Bonchev–Trinajstić information content (AvgIpc) is 2.65. The fourth-order valence-electron chi connectivity index (χ4n) is 2.94. The molecule has 0 bridgehead atoms. The number of nitrogens with zero attached hydrogens (tertiary/aromatic N) is 1. The fraction of sp³-hybridized carbons (Fsp3) is 1.00. The van der Waals surface area contributed by atoms with Gasteiger partial charge in [0, 0.05) is 26.2 Å². The van der Waals surface area contributed by atoms with Crippen LogP contribution in [0.3, 0.4) is 0 Å². The summed E-state index contributed by atoms with van der Waals surface area (Å²) in [5, 5.41) is 3.65. The molecule has 2 fully saturated rings. The Morgan fingerprint density at radius 1 is 1.00 bits per heavy atom. The van der Waals surface area contributed by atoms with Crippen molar-refractivity contribution in [3.8, 4) is 0 Å². The van der Waals surface area contributed by atoms with Gasteiger partial charge in [0.05, 0.1) is 13.2 Å². The van der Waals surface area contributed by atoms with Gasteiger partial charge in [-0.25, -0.2) is 0 Å². The van der Waals surface area contributed by atoms with Crippen molar-refractivity contribution >= 4 is 0 Å². The summed E-state index contributed by atoms with van der Waals surface area (Å²) in [7, 11) is 0. The maximum atomic E-state index is 5.35. The van der Waals surface area contributed by atoms with Crippen LogP contribution in [0, 0.1) is 5.92 Å². The summed E-state index contributed by atoms with van der Waals surface area (Å²) in [6.07, 6.45) is 8.73. The first-order chi connectivity index (χ1) is 8.45. The second-order valence-electron chi connectivity index (χ2n) is 5.52. The van der Waals surface area contributed by atoms with Crippen LogP contribution in [0.5, 0.6) is 0 Å². The van der Waals surface area contributed by atoms with E-state index in [1.54, 1.807) is 0 Å². The maximum Gasteiger partial charge on any atom is 0.0594 e. The van der Waals surface area contributed by atoms with Crippen LogP contribution in [0.4, 0.5) is 0 Å². The molecular weight excluding hydrogens is 212 g/mol. The second kappa shape index (κ2) is 8.06. The summed E-state index contributed by atoms with van der Waals surface area (Å²) in [6.45, 7) is 7.65. The van der Waals surface area contributed by atoms with Crippen LogP contribution in [-0.4, -0.2) is 50.8 Å². The van der Waals surface area contributed by atoms with Crippen LogP contribution in [0.1, 0.15) is 38.5 Å². The molecule has 3 heteroatoms. The molecule has 1 saturated heterocycles. The lowest BCUT2D eigenvalue weighted by Gasteiger charge is -2.26. The molecule has 1 N–H and O–H groups in total. The third-order valence-electron chi connectivity index (χ3n) is 4.12. The minimum atomic E-state index is 0.919. The Morgan fingerprint density at radius 3 is 2.41 bits per heavy atom. The van der Waals surface area contributed by atoms with Crippen LogP contribution in [0.25, 0.3) is 0 Å². The Hall–Kier alpha value is -0.120. The molecule has 100 valence electrons. The smallest absolute Gasteiger partial charge is 0.0594 e. The van der Waals surface area contributed by atoms with E-state index in [9.17, 15) is 0 Å². The average molecular weight is 240 g/mol. The molecule has 1 heterocycles. The lowest BCUT2D eigenvalue weighted by atomic mass is 10.0. The van der Waals surface area contributed by atoms with Crippen molar-refractivity contribution < 1.29 is 4.74 Å². The molecule has 0 aromatic heterocycles. The Morgan fingerprint density at radius 2 is 1.71 bits per heavy atom. The van der Waals surface area contributed by atoms with Crippen LogP contribution >= 0.6 is 0 Å². The van der Waals surface area contributed by atoms with E-state index in [2.05, 4.69) is 10.2 Å². The zero-order chi connectivity index (χ0) is 11.8. The van der Waals surface area contributed by atoms with E-state index >= 15 is 0 Å². The zero-order valence-electron chi connectivity index (χ0n) is 11.1. The van der Waals surface area contributed by atoms with E-state index in [0.717, 1.165) is 38.8 Å². The summed E-state index contributed by atoms with van der Waals surface area (Å²) in [5.41, 5.74) is 0. The van der Waals surface area contributed by atoms with Crippen molar-refractivity contribution in [3.05, 3.63) is 0 Å². The van der Waals surface area contributed by atoms with Gasteiger partial charge >= 0.3 is 0 Å². The summed E-state index contributed by atoms with van der Waals surface area (Å²) < 4.78 is 5.35. The first-order valence-electron chi connectivity index (χ1n) is 7.46. The topological polar surface area (TPSA) is 24.5 Å². The normalized spacial score (nSPS) is 24.7. The first-order valence-corrected chi connectivity index (χ1v) is 7.46. The van der Waals surface area contributed by atoms with Crippen molar-refractivity contribution in [2.45, 2.75) is 38.5 Å². The number of nitrogens with one attached hydrogen (secondary N) is 1. The van der Waals surface area contributed by atoms with Gasteiger partial charge in [-0.2, -0.15) is 0 Å². The highest BCUT2D eigenvalue weighted by Gasteiger charge is 2.12. The van der Waals surface area contributed by atoms with Crippen molar-refractivity contribution in [1.29, 1.82) is 0 Å². The van der Waals surface area contributed by atoms with Gasteiger partial charge in [-0.1, -0.05) is 25.7 Å². The van der Waals surface area contributed by atoms with E-state index in [4.69, 9.17) is 4.74 Å². The minimum Gasteiger partial charge on any atom is -0.379 e. The van der Waals surface area contributed by atoms with E-state index in [1.165, 1.54) is 51.6 Å². The number of ether oxygens (including phenoxy) is 1. The van der Waals surface area contributed by atoms with Crippen molar-refractivity contribution in [1.82, 2.24) is 10.2 Å². The zero-order valence-corrected chi connectivity index (χ0v) is 11.1. The van der Waals surface area contributed by atoms with Gasteiger partial charge in [0.25, 0.3) is 0 Å². The van der Waals surface area contributed by atoms with Gasteiger partial charge in [0.1, 0.15) is 0 Å². The lowest BCUT2D eigenvalue weighted by Crippen LogP contribution is -2.40. The molecule has 1 aliphatic carbocycles. The van der Waals surface area contributed by atoms with Gasteiger partial charge in [-0.05, 0) is 25.3 Å². The summed E-state index contributed by atoms with van der Waals surface area (Å²) in [6, 6.07) is 0. The minimum absolute atomic E-state index is 0.919. The number of rotatable bonds is 5. The highest BCUT2D eigenvalue weighted by molar-refractivity contribution is 4.68. The predicted octanol–water partition coefficient (Wildman–Crippen LogP) is 1.88. The van der Waals surface area contributed by atoms with Crippen molar-refractivity contribution in [2.75, 3.05) is 45.9 Å². The first kappa shape index (κ1) is 13.3. The van der Waals surface area contributed by atoms with E-state index < -0.39 is 0 Å². The molecule has 0 aromatic carbocycles. The highest BCUT2D eigenvalue weighted by atomic mass is 16.5. The van der Waals surface area contributed by atoms with Crippen LogP contribution in [0.2, 0.25) is 0 Å². The largest absolute Gasteiger partial charge is 0.379 e. The van der Waals surface area contributed by atoms with Crippen molar-refractivity contribution in [2.24, 2.45) is 5.92 Å². The van der Waals surface area contributed by atoms with E-state index in [-0.39, 0.29) is 0 Å². The predicted molar refractivity (Wildman–Crippen MR) is 71.3 cm³/mol. The SMILES string of the molecule is C1CCCC(CNCCN2CCOCC2)CC1. The summed E-state index contributed by atoms with van der Waals surface area (Å²) >= 11 is 0. The Labute approximate surface area is 106 Å². The van der Waals surface area contributed by atoms with E-state index in [0.29, 0.717) is 0 Å². The third-order valence-corrected chi connectivity index (χ3v) is 4.12. The highest BCUT2D eigenvalue weighted by Crippen LogP contribution is 2.21. The molecule has 1 aliphatic heterocycles. The molecular formula is C14H28N2O. The number of morpholine rings is 1. The maximum absolute atomic E-state index is 5.35. The van der Waals surface area contributed by atoms with Gasteiger partial charge in [-0.15, -0.1) is 0 Å². The number of hydrogen-bond acceptors (Lipinski definition) is 3. The molecule has 17 heavy (non-hydrogen) atoms. The molecule has 0 amide bonds. The standard InChI is InChI=1S/C14H28N2O/c1-2-4-6-14(5-3-1)13-15-7-8-16-9-11-17-12-10-16/h14-15H,1-13H2. The van der Waals surface area contributed by atoms with Crippen LogP contribution in [-0.2, 0) is 4.74 Å². The quantitative estimate of drug-likeness (QED) is 0.586. The summed E-state index contributed by atoms with van der Waals surface area (Å²) in [5.74, 6) is 0.946. The van der Waals surface area contributed by atoms with Gasteiger partial charge in [0.2, 0.25) is 0 Å². The van der Waals surface area contributed by atoms with Crippen molar-refractivity contribution in [3.63, 3.8) is 0 Å². The second-order valence-corrected chi connectivity index (χ2v) is 5.52. The molecule has 0 radical (unpaired) electrons. The van der Waals surface area contributed by atoms with Gasteiger partial charge in [-0.3, -0.25) is 4.90 Å². The molecule has 1 saturated carbocycles. The Balaban J connectivity index is 1.49. The van der Waals surface area contributed by atoms with Gasteiger partial charge < -0.3 is 10.1 Å².